The lowest BCUT2D eigenvalue weighted by Gasteiger charge is -2.15. The van der Waals surface area contributed by atoms with E-state index in [1.807, 2.05) is 19.1 Å². The van der Waals surface area contributed by atoms with Gasteiger partial charge >= 0.3 is 6.61 Å². The second-order valence-electron chi connectivity index (χ2n) is 8.84. The van der Waals surface area contributed by atoms with Gasteiger partial charge in [0.1, 0.15) is 5.82 Å². The van der Waals surface area contributed by atoms with E-state index in [1.165, 1.54) is 10.6 Å². The Morgan fingerprint density at radius 1 is 1.05 bits per heavy atom. The lowest BCUT2D eigenvalue weighted by atomic mass is 9.98. The molecule has 0 saturated carbocycles. The van der Waals surface area contributed by atoms with E-state index in [0.29, 0.717) is 34.6 Å². The summed E-state index contributed by atoms with van der Waals surface area (Å²) in [6.07, 6.45) is 4.75. The van der Waals surface area contributed by atoms with Gasteiger partial charge in [-0.1, -0.05) is 55.8 Å². The first-order chi connectivity index (χ1) is 18.6. The number of halogens is 2. The zero-order valence-corrected chi connectivity index (χ0v) is 22.2. The van der Waals surface area contributed by atoms with Crippen molar-refractivity contribution in [3.8, 4) is 22.8 Å². The molecule has 2 N–H and O–H groups in total. The molecule has 0 atom stereocenters. The number of ether oxygens (including phenoxy) is 1. The maximum atomic E-state index is 13.7. The number of hydrogen-bond donors (Lipinski definition) is 1. The molecule has 0 aliphatic carbocycles. The van der Waals surface area contributed by atoms with Crippen LogP contribution in [0.25, 0.3) is 17.1 Å². The normalized spacial score (nSPS) is 11.6. The Hall–Kier alpha value is -4.03. The van der Waals surface area contributed by atoms with Gasteiger partial charge in [0.15, 0.2) is 5.75 Å². The molecule has 0 fully saturated rings. The molecule has 4 rings (SSSR count). The Morgan fingerprint density at radius 2 is 1.72 bits per heavy atom. The predicted molar refractivity (Wildman–Crippen MR) is 141 cm³/mol. The second kappa shape index (κ2) is 11.8. The van der Waals surface area contributed by atoms with Crippen LogP contribution in [0.3, 0.4) is 0 Å². The number of nitrogens with zero attached hydrogens (tertiary/aromatic N) is 4. The Kier molecular flexibility index (Phi) is 8.46. The minimum Gasteiger partial charge on any atom is -0.432 e. The maximum Gasteiger partial charge on any atom is 0.387 e. The first-order valence-electron chi connectivity index (χ1n) is 12.2. The molecule has 9 nitrogen and oxygen atoms in total. The summed E-state index contributed by atoms with van der Waals surface area (Å²) in [7, 11) is -3.91. The molecule has 2 aromatic carbocycles. The van der Waals surface area contributed by atoms with Gasteiger partial charge in [-0.25, -0.2) is 33.1 Å². The topological polar surface area (TPSA) is 130 Å². The van der Waals surface area contributed by atoms with E-state index in [0.717, 1.165) is 30.8 Å². The Bertz CT molecular complexity index is 1620. The average Bonchev–Trinajstić information content (AvgIpc) is 2.90. The van der Waals surface area contributed by atoms with Crippen LogP contribution in [0.4, 0.5) is 8.78 Å². The Labute approximate surface area is 224 Å². The third-order valence-electron chi connectivity index (χ3n) is 6.08. The summed E-state index contributed by atoms with van der Waals surface area (Å²) in [5, 5.41) is 5.38. The Morgan fingerprint density at radius 3 is 2.33 bits per heavy atom. The molecule has 0 bridgehead atoms. The van der Waals surface area contributed by atoms with Gasteiger partial charge in [-0.05, 0) is 37.0 Å². The molecule has 0 spiro atoms. The molecule has 12 heteroatoms. The number of hydrogen-bond acceptors (Lipinski definition) is 7. The van der Waals surface area contributed by atoms with Crippen LogP contribution < -0.4 is 15.4 Å². The number of primary sulfonamides is 1. The van der Waals surface area contributed by atoms with Crippen molar-refractivity contribution in [2.45, 2.75) is 51.0 Å². The van der Waals surface area contributed by atoms with Gasteiger partial charge in [-0.15, -0.1) is 0 Å². The highest BCUT2D eigenvalue weighted by Crippen LogP contribution is 2.27. The van der Waals surface area contributed by atoms with Crippen LogP contribution in [0.2, 0.25) is 0 Å². The lowest BCUT2D eigenvalue weighted by molar-refractivity contribution is -0.0503. The van der Waals surface area contributed by atoms with Crippen molar-refractivity contribution in [3.63, 3.8) is 0 Å². The first kappa shape index (κ1) is 28.0. The van der Waals surface area contributed by atoms with Gasteiger partial charge in [0.25, 0.3) is 5.56 Å². The van der Waals surface area contributed by atoms with E-state index >= 15 is 0 Å². The van der Waals surface area contributed by atoms with E-state index < -0.39 is 16.6 Å². The molecule has 0 saturated heterocycles. The number of unbranched alkanes of at least 4 members (excludes halogenated alkanes) is 1. The summed E-state index contributed by atoms with van der Waals surface area (Å²) in [6.45, 7) is 0.684. The zero-order chi connectivity index (χ0) is 28.2. The minimum absolute atomic E-state index is 0.00939. The van der Waals surface area contributed by atoms with Crippen molar-refractivity contribution in [1.82, 2.24) is 19.5 Å². The highest BCUT2D eigenvalue weighted by molar-refractivity contribution is 7.89. The average molecular weight is 556 g/mol. The van der Waals surface area contributed by atoms with Crippen molar-refractivity contribution < 1.29 is 21.9 Å². The van der Waals surface area contributed by atoms with Gasteiger partial charge < -0.3 is 4.74 Å². The third kappa shape index (κ3) is 6.52. The number of aryl methyl sites for hydroxylation is 2. The van der Waals surface area contributed by atoms with Crippen molar-refractivity contribution in [2.24, 2.45) is 5.14 Å². The third-order valence-corrected chi connectivity index (χ3v) is 7.05. The van der Waals surface area contributed by atoms with Gasteiger partial charge in [0.05, 0.1) is 23.0 Å². The molecule has 2 heterocycles. The minimum atomic E-state index is -3.91. The zero-order valence-electron chi connectivity index (χ0n) is 21.3. The van der Waals surface area contributed by atoms with Crippen molar-refractivity contribution >= 4 is 10.0 Å². The summed E-state index contributed by atoms with van der Waals surface area (Å²) >= 11 is 0. The molecule has 2 aromatic heterocycles. The number of aromatic nitrogens is 4. The summed E-state index contributed by atoms with van der Waals surface area (Å²) in [4.78, 5) is 26.5. The van der Waals surface area contributed by atoms with E-state index in [1.54, 1.807) is 37.3 Å². The van der Waals surface area contributed by atoms with Crippen molar-refractivity contribution in [3.05, 3.63) is 93.9 Å². The second-order valence-corrected chi connectivity index (χ2v) is 10.4. The number of rotatable bonds is 10. The highest BCUT2D eigenvalue weighted by Gasteiger charge is 2.19. The van der Waals surface area contributed by atoms with Crippen molar-refractivity contribution in [1.29, 1.82) is 0 Å². The van der Waals surface area contributed by atoms with Crippen molar-refractivity contribution in [2.75, 3.05) is 0 Å². The summed E-state index contributed by atoms with van der Waals surface area (Å²) in [5.41, 5.74) is 2.71. The van der Waals surface area contributed by atoms with Crippen LogP contribution in [-0.4, -0.2) is 34.5 Å². The molecule has 39 heavy (non-hydrogen) atoms. The lowest BCUT2D eigenvalue weighted by Crippen LogP contribution is -2.29. The number of alkyl halides is 2. The quantitative estimate of drug-likeness (QED) is 0.311. The van der Waals surface area contributed by atoms with Gasteiger partial charge in [-0.3, -0.25) is 4.79 Å². The summed E-state index contributed by atoms with van der Waals surface area (Å²) in [5.74, 6) is 0.133. The van der Waals surface area contributed by atoms with E-state index in [-0.39, 0.29) is 28.6 Å². The Balaban J connectivity index is 1.72. The molecular formula is C27H27F2N5O4S. The van der Waals surface area contributed by atoms with Crippen LogP contribution in [0.15, 0.2) is 70.6 Å². The molecule has 204 valence electrons. The fourth-order valence-corrected chi connectivity index (χ4v) is 4.99. The molecule has 0 aliphatic heterocycles. The number of nitrogens with two attached hydrogens (primary N) is 1. The monoisotopic (exact) mass is 555 g/mol. The summed E-state index contributed by atoms with van der Waals surface area (Å²) < 4.78 is 54.6. The largest absolute Gasteiger partial charge is 0.432 e. The van der Waals surface area contributed by atoms with Crippen LogP contribution in [0.1, 0.15) is 42.4 Å². The smallest absolute Gasteiger partial charge is 0.387 e. The number of benzene rings is 2. The highest BCUT2D eigenvalue weighted by atomic mass is 32.2. The molecule has 0 unspecified atom stereocenters. The van der Waals surface area contributed by atoms with Crippen LogP contribution in [0, 0.1) is 6.92 Å². The molecule has 0 radical (unpaired) electrons. The molecular weight excluding hydrogens is 528 g/mol. The van der Waals surface area contributed by atoms with E-state index in [4.69, 9.17) is 5.14 Å². The first-order valence-corrected chi connectivity index (χ1v) is 13.7. The maximum absolute atomic E-state index is 13.7. The fraction of sp³-hybridized carbons (Fsp3) is 0.259. The predicted octanol–water partition coefficient (Wildman–Crippen LogP) is 4.18. The number of sulfonamides is 1. The van der Waals surface area contributed by atoms with E-state index in [9.17, 15) is 22.0 Å². The SMILES string of the molecule is CCCCc1nc(C)n(-c2ncc(OC(F)F)cn2)c(=O)c1Cc1ccc(-c2ccccc2S(N)(=O)=O)cc1. The molecule has 4 aromatic rings. The van der Waals surface area contributed by atoms with Gasteiger partial charge in [-0.2, -0.15) is 8.78 Å². The fourth-order valence-electron chi connectivity index (χ4n) is 4.23. The van der Waals surface area contributed by atoms with Gasteiger partial charge in [0.2, 0.25) is 16.0 Å². The van der Waals surface area contributed by atoms with Crippen LogP contribution >= 0.6 is 0 Å². The van der Waals surface area contributed by atoms with Crippen LogP contribution in [-0.2, 0) is 22.9 Å². The van der Waals surface area contributed by atoms with Crippen LogP contribution in [0.5, 0.6) is 5.75 Å². The standard InChI is InChI=1S/C27H27F2N5O4S/c1-3-4-8-23-22(25(35)34(17(2)33-23)27-31-15-20(16-32-27)38-26(28)29)14-18-10-12-19(13-11-18)21-7-5-6-9-24(21)39(30,36)37/h5-7,9-13,15-16,26H,3-4,8,14H2,1-2H3,(H2,30,36,37). The van der Waals surface area contributed by atoms with E-state index in [2.05, 4.69) is 19.7 Å². The molecule has 0 aliphatic rings. The van der Waals surface area contributed by atoms with Gasteiger partial charge in [0, 0.05) is 17.5 Å². The molecule has 0 amide bonds. The summed E-state index contributed by atoms with van der Waals surface area (Å²) in [6, 6.07) is 13.6.